The lowest BCUT2D eigenvalue weighted by atomic mass is 10.3. The normalized spacial score (nSPS) is 10.2. The number of aromatic nitrogens is 4. The molecule has 0 unspecified atom stereocenters. The zero-order valence-corrected chi connectivity index (χ0v) is 9.29. The van der Waals surface area contributed by atoms with Crippen LogP contribution in [0.3, 0.4) is 0 Å². The minimum Gasteiger partial charge on any atom is -0.396 e. The van der Waals surface area contributed by atoms with Gasteiger partial charge in [0.15, 0.2) is 11.5 Å². The van der Waals surface area contributed by atoms with Gasteiger partial charge in [0.1, 0.15) is 0 Å². The molecule has 0 aliphatic rings. The topological polar surface area (TPSA) is 98.7 Å². The van der Waals surface area contributed by atoms with Crippen molar-refractivity contribution < 1.29 is 4.79 Å². The highest BCUT2D eigenvalue weighted by atomic mass is 16.2. The molecular weight excluding hydrogens is 220 g/mol. The van der Waals surface area contributed by atoms with Gasteiger partial charge in [-0.25, -0.2) is 0 Å². The summed E-state index contributed by atoms with van der Waals surface area (Å²) in [5, 5.41) is 14.0. The lowest BCUT2D eigenvalue weighted by Crippen LogP contribution is -2.15. The van der Waals surface area contributed by atoms with Crippen LogP contribution in [0.15, 0.2) is 24.5 Å². The Labute approximate surface area is 97.6 Å². The summed E-state index contributed by atoms with van der Waals surface area (Å²) in [7, 11) is 0. The van der Waals surface area contributed by atoms with E-state index in [1.54, 1.807) is 23.0 Å². The van der Waals surface area contributed by atoms with Crippen LogP contribution in [0.1, 0.15) is 17.4 Å². The van der Waals surface area contributed by atoms with Gasteiger partial charge in [-0.05, 0) is 19.1 Å². The van der Waals surface area contributed by atoms with Crippen LogP contribution in [-0.2, 0) is 6.54 Å². The number of nitrogens with two attached hydrogens (primary N) is 1. The molecule has 0 bridgehead atoms. The van der Waals surface area contributed by atoms with E-state index in [0.29, 0.717) is 18.1 Å². The molecule has 0 saturated carbocycles. The molecule has 0 fully saturated rings. The first-order chi connectivity index (χ1) is 8.20. The molecular formula is C10H12N6O. The van der Waals surface area contributed by atoms with E-state index in [1.165, 1.54) is 6.20 Å². The second kappa shape index (κ2) is 4.60. The van der Waals surface area contributed by atoms with Gasteiger partial charge in [-0.2, -0.15) is 10.2 Å². The molecule has 2 heterocycles. The van der Waals surface area contributed by atoms with Gasteiger partial charge in [0, 0.05) is 18.9 Å². The molecule has 0 aliphatic carbocycles. The molecule has 3 N–H and O–H groups in total. The van der Waals surface area contributed by atoms with Crippen molar-refractivity contribution in [2.24, 2.45) is 0 Å². The SMILES string of the molecule is CCn1cc(N)c(C(=O)Nc2cccnn2)n1. The number of nitrogen functional groups attached to an aromatic ring is 1. The van der Waals surface area contributed by atoms with Gasteiger partial charge in [-0.1, -0.05) is 0 Å². The number of aryl methyl sites for hydroxylation is 1. The van der Waals surface area contributed by atoms with Gasteiger partial charge in [0.2, 0.25) is 0 Å². The number of carbonyl (C=O) groups is 1. The van der Waals surface area contributed by atoms with Crippen molar-refractivity contribution >= 4 is 17.4 Å². The zero-order valence-electron chi connectivity index (χ0n) is 9.29. The van der Waals surface area contributed by atoms with Crippen molar-refractivity contribution in [2.45, 2.75) is 13.5 Å². The summed E-state index contributed by atoms with van der Waals surface area (Å²) < 4.78 is 1.60. The second-order valence-corrected chi connectivity index (χ2v) is 3.35. The van der Waals surface area contributed by atoms with Crippen LogP contribution >= 0.6 is 0 Å². The third-order valence-electron chi connectivity index (χ3n) is 2.14. The van der Waals surface area contributed by atoms with Crippen LogP contribution in [-0.4, -0.2) is 25.9 Å². The van der Waals surface area contributed by atoms with Gasteiger partial charge in [-0.3, -0.25) is 9.48 Å². The summed E-state index contributed by atoms with van der Waals surface area (Å²) in [6.07, 6.45) is 3.14. The standard InChI is InChI=1S/C10H12N6O/c1-2-16-6-7(11)9(15-16)10(17)13-8-4-3-5-12-14-8/h3-6H,2,11H2,1H3,(H,13,14,17). The Kier molecular flexibility index (Phi) is 2.99. The van der Waals surface area contributed by atoms with Gasteiger partial charge in [-0.15, -0.1) is 5.10 Å². The van der Waals surface area contributed by atoms with Crippen molar-refractivity contribution in [3.63, 3.8) is 0 Å². The van der Waals surface area contributed by atoms with Crippen molar-refractivity contribution in [3.8, 4) is 0 Å². The minimum absolute atomic E-state index is 0.192. The molecule has 2 aromatic heterocycles. The van der Waals surface area contributed by atoms with Crippen molar-refractivity contribution in [1.82, 2.24) is 20.0 Å². The van der Waals surface area contributed by atoms with Gasteiger partial charge in [0.05, 0.1) is 5.69 Å². The second-order valence-electron chi connectivity index (χ2n) is 3.35. The number of hydrogen-bond donors (Lipinski definition) is 2. The maximum absolute atomic E-state index is 11.8. The fourth-order valence-corrected chi connectivity index (χ4v) is 1.32. The predicted molar refractivity (Wildman–Crippen MR) is 62.3 cm³/mol. The third-order valence-corrected chi connectivity index (χ3v) is 2.14. The highest BCUT2D eigenvalue weighted by Gasteiger charge is 2.14. The van der Waals surface area contributed by atoms with Crippen LogP contribution in [0.2, 0.25) is 0 Å². The molecule has 0 aromatic carbocycles. The molecule has 2 aromatic rings. The molecule has 0 spiro atoms. The molecule has 0 radical (unpaired) electrons. The van der Waals surface area contributed by atoms with E-state index in [4.69, 9.17) is 5.73 Å². The molecule has 0 aliphatic heterocycles. The third kappa shape index (κ3) is 2.39. The maximum atomic E-state index is 11.8. The monoisotopic (exact) mass is 232 g/mol. The number of rotatable bonds is 3. The van der Waals surface area contributed by atoms with Crippen LogP contribution in [0.25, 0.3) is 0 Å². The maximum Gasteiger partial charge on any atom is 0.279 e. The fraction of sp³-hybridized carbons (Fsp3) is 0.200. The first-order valence-corrected chi connectivity index (χ1v) is 5.12. The minimum atomic E-state index is -0.393. The van der Waals surface area contributed by atoms with E-state index >= 15 is 0 Å². The summed E-state index contributed by atoms with van der Waals surface area (Å²) in [6.45, 7) is 2.57. The van der Waals surface area contributed by atoms with E-state index in [9.17, 15) is 4.79 Å². The predicted octanol–water partition coefficient (Wildman–Crippen LogP) is 0.528. The Bertz CT molecular complexity index is 521. The molecule has 0 atom stereocenters. The molecule has 7 heteroatoms. The van der Waals surface area contributed by atoms with Crippen LogP contribution in [0, 0.1) is 0 Å². The number of nitrogens with zero attached hydrogens (tertiary/aromatic N) is 4. The summed E-state index contributed by atoms with van der Waals surface area (Å²) in [4.78, 5) is 11.8. The molecule has 2 rings (SSSR count). The van der Waals surface area contributed by atoms with E-state index < -0.39 is 5.91 Å². The van der Waals surface area contributed by atoms with Crippen LogP contribution < -0.4 is 11.1 Å². The summed E-state index contributed by atoms with van der Waals surface area (Å²) >= 11 is 0. The lowest BCUT2D eigenvalue weighted by Gasteiger charge is -2.00. The molecule has 88 valence electrons. The largest absolute Gasteiger partial charge is 0.396 e. The fourth-order valence-electron chi connectivity index (χ4n) is 1.32. The van der Waals surface area contributed by atoms with E-state index in [0.717, 1.165) is 0 Å². The summed E-state index contributed by atoms with van der Waals surface area (Å²) in [5.74, 6) is -0.0295. The van der Waals surface area contributed by atoms with E-state index in [1.807, 2.05) is 6.92 Å². The highest BCUT2D eigenvalue weighted by molar-refractivity contribution is 6.05. The number of anilines is 2. The Morgan fingerprint density at radius 1 is 1.59 bits per heavy atom. The Balaban J connectivity index is 2.17. The summed E-state index contributed by atoms with van der Waals surface area (Å²) in [5.41, 5.74) is 6.22. The van der Waals surface area contributed by atoms with Crippen molar-refractivity contribution in [3.05, 3.63) is 30.2 Å². The van der Waals surface area contributed by atoms with Crippen molar-refractivity contribution in [2.75, 3.05) is 11.1 Å². The molecule has 7 nitrogen and oxygen atoms in total. The van der Waals surface area contributed by atoms with Gasteiger partial charge in [0.25, 0.3) is 5.91 Å². The van der Waals surface area contributed by atoms with E-state index in [2.05, 4.69) is 20.6 Å². The van der Waals surface area contributed by atoms with Gasteiger partial charge >= 0.3 is 0 Å². The average Bonchev–Trinajstić information content (AvgIpc) is 2.72. The number of carbonyl (C=O) groups excluding carboxylic acids is 1. The van der Waals surface area contributed by atoms with E-state index in [-0.39, 0.29) is 5.69 Å². The first-order valence-electron chi connectivity index (χ1n) is 5.12. The number of amides is 1. The van der Waals surface area contributed by atoms with Crippen LogP contribution in [0.4, 0.5) is 11.5 Å². The molecule has 0 saturated heterocycles. The quantitative estimate of drug-likeness (QED) is 0.804. The highest BCUT2D eigenvalue weighted by Crippen LogP contribution is 2.11. The van der Waals surface area contributed by atoms with Gasteiger partial charge < -0.3 is 11.1 Å². The smallest absolute Gasteiger partial charge is 0.279 e. The Morgan fingerprint density at radius 3 is 3.00 bits per heavy atom. The number of nitrogens with one attached hydrogen (secondary N) is 1. The van der Waals surface area contributed by atoms with Crippen LogP contribution in [0.5, 0.6) is 0 Å². The molecule has 1 amide bonds. The Hall–Kier alpha value is -2.44. The average molecular weight is 232 g/mol. The lowest BCUT2D eigenvalue weighted by molar-refractivity contribution is 0.102. The first kappa shape index (κ1) is 11.1. The number of hydrogen-bond acceptors (Lipinski definition) is 5. The molecule has 17 heavy (non-hydrogen) atoms. The summed E-state index contributed by atoms with van der Waals surface area (Å²) in [6, 6.07) is 3.31. The Morgan fingerprint density at radius 2 is 2.41 bits per heavy atom. The zero-order chi connectivity index (χ0) is 12.3. The van der Waals surface area contributed by atoms with Crippen molar-refractivity contribution in [1.29, 1.82) is 0 Å².